The normalized spacial score (nSPS) is 12.6. The van der Waals surface area contributed by atoms with Gasteiger partial charge in [0.15, 0.2) is 11.5 Å². The van der Waals surface area contributed by atoms with E-state index in [9.17, 15) is 14.9 Å². The van der Waals surface area contributed by atoms with Gasteiger partial charge in [-0.05, 0) is 12.1 Å². The van der Waals surface area contributed by atoms with Gasteiger partial charge in [-0.3, -0.25) is 19.8 Å². The summed E-state index contributed by atoms with van der Waals surface area (Å²) in [4.78, 5) is 27.8. The van der Waals surface area contributed by atoms with Gasteiger partial charge in [0.05, 0.1) is 16.7 Å². The molecule has 118 valence electrons. The Labute approximate surface area is 131 Å². The van der Waals surface area contributed by atoms with Gasteiger partial charge in [-0.15, -0.1) is 0 Å². The Morgan fingerprint density at radius 1 is 1.22 bits per heavy atom. The third-order valence-corrected chi connectivity index (χ3v) is 3.27. The van der Waals surface area contributed by atoms with E-state index >= 15 is 0 Å². The summed E-state index contributed by atoms with van der Waals surface area (Å²) in [6.45, 7) is 2.25. The standard InChI is InChI=1S/C15H13N3O5/c1-10(19)17(15-9-12(18(20)21)4-5-16-15)11-2-3-13-14(8-11)23-7-6-22-13/h2-5,8-9H,6-7H2,1H3. The summed E-state index contributed by atoms with van der Waals surface area (Å²) < 4.78 is 10.9. The molecule has 2 heterocycles. The summed E-state index contributed by atoms with van der Waals surface area (Å²) in [6, 6.07) is 7.53. The van der Waals surface area contributed by atoms with Crippen molar-refractivity contribution in [3.8, 4) is 11.5 Å². The minimum absolute atomic E-state index is 0.140. The molecule has 1 aromatic carbocycles. The molecule has 0 saturated carbocycles. The lowest BCUT2D eigenvalue weighted by molar-refractivity contribution is -0.384. The van der Waals surface area contributed by atoms with Crippen LogP contribution in [-0.4, -0.2) is 29.0 Å². The molecule has 0 radical (unpaired) electrons. The zero-order valence-electron chi connectivity index (χ0n) is 12.3. The number of carbonyl (C=O) groups is 1. The van der Waals surface area contributed by atoms with Gasteiger partial charge in [-0.1, -0.05) is 0 Å². The molecule has 0 fully saturated rings. The number of nitro groups is 1. The summed E-state index contributed by atoms with van der Waals surface area (Å²) in [5.74, 6) is 0.957. The van der Waals surface area contributed by atoms with Crippen LogP contribution in [0.4, 0.5) is 17.2 Å². The highest BCUT2D eigenvalue weighted by atomic mass is 16.6. The smallest absolute Gasteiger partial charge is 0.274 e. The van der Waals surface area contributed by atoms with Gasteiger partial charge in [0.25, 0.3) is 5.69 Å². The van der Waals surface area contributed by atoms with Gasteiger partial charge in [0, 0.05) is 25.3 Å². The van der Waals surface area contributed by atoms with Crippen LogP contribution in [0.3, 0.4) is 0 Å². The maximum atomic E-state index is 12.0. The van der Waals surface area contributed by atoms with Gasteiger partial charge >= 0.3 is 0 Å². The Kier molecular flexibility index (Phi) is 3.80. The zero-order valence-corrected chi connectivity index (χ0v) is 12.3. The zero-order chi connectivity index (χ0) is 16.4. The first kappa shape index (κ1) is 14.8. The van der Waals surface area contributed by atoms with E-state index in [1.165, 1.54) is 30.2 Å². The molecule has 8 heteroatoms. The van der Waals surface area contributed by atoms with Crippen molar-refractivity contribution in [2.45, 2.75) is 6.92 Å². The van der Waals surface area contributed by atoms with Gasteiger partial charge in [0.1, 0.15) is 19.0 Å². The summed E-state index contributed by atoms with van der Waals surface area (Å²) >= 11 is 0. The van der Waals surface area contributed by atoms with Crippen molar-refractivity contribution in [1.29, 1.82) is 0 Å². The molecular formula is C15H13N3O5. The van der Waals surface area contributed by atoms with Gasteiger partial charge < -0.3 is 9.47 Å². The number of nitrogens with zero attached hydrogens (tertiary/aromatic N) is 3. The number of aromatic nitrogens is 1. The Hall–Kier alpha value is -3.16. The van der Waals surface area contributed by atoms with Crippen LogP contribution in [0.5, 0.6) is 11.5 Å². The fourth-order valence-corrected chi connectivity index (χ4v) is 2.29. The van der Waals surface area contributed by atoms with Gasteiger partial charge in [0.2, 0.25) is 5.91 Å². The van der Waals surface area contributed by atoms with Crippen molar-refractivity contribution in [1.82, 2.24) is 4.98 Å². The first-order valence-corrected chi connectivity index (χ1v) is 6.87. The molecule has 8 nitrogen and oxygen atoms in total. The Bertz CT molecular complexity index is 777. The maximum Gasteiger partial charge on any atom is 0.274 e. The Balaban J connectivity index is 2.04. The summed E-state index contributed by atoms with van der Waals surface area (Å²) in [7, 11) is 0. The largest absolute Gasteiger partial charge is 0.486 e. The molecule has 0 atom stereocenters. The predicted molar refractivity (Wildman–Crippen MR) is 81.1 cm³/mol. The molecule has 0 saturated heterocycles. The monoisotopic (exact) mass is 315 g/mol. The molecule has 2 aromatic rings. The number of hydrogen-bond acceptors (Lipinski definition) is 6. The first-order valence-electron chi connectivity index (χ1n) is 6.87. The summed E-state index contributed by atoms with van der Waals surface area (Å²) in [5, 5.41) is 10.9. The van der Waals surface area contributed by atoms with Gasteiger partial charge in [-0.25, -0.2) is 4.98 Å². The fraction of sp³-hybridized carbons (Fsp3) is 0.200. The number of rotatable bonds is 3. The van der Waals surface area contributed by atoms with Crippen LogP contribution in [0.2, 0.25) is 0 Å². The predicted octanol–water partition coefficient (Wildman–Crippen LogP) is 2.45. The lowest BCUT2D eigenvalue weighted by atomic mass is 10.2. The average Bonchev–Trinajstić information content (AvgIpc) is 2.55. The van der Waals surface area contributed by atoms with E-state index in [1.54, 1.807) is 18.2 Å². The van der Waals surface area contributed by atoms with E-state index in [-0.39, 0.29) is 17.4 Å². The second-order valence-corrected chi connectivity index (χ2v) is 4.81. The average molecular weight is 315 g/mol. The third kappa shape index (κ3) is 2.91. The summed E-state index contributed by atoms with van der Waals surface area (Å²) in [5.41, 5.74) is 0.355. The van der Waals surface area contributed by atoms with Crippen LogP contribution in [0, 0.1) is 10.1 Å². The highest BCUT2D eigenvalue weighted by Crippen LogP contribution is 2.36. The topological polar surface area (TPSA) is 94.8 Å². The van der Waals surface area contributed by atoms with E-state index in [1.807, 2.05) is 0 Å². The number of fused-ring (bicyclic) bond motifs is 1. The van der Waals surface area contributed by atoms with Crippen LogP contribution in [0.25, 0.3) is 0 Å². The molecule has 0 N–H and O–H groups in total. The van der Waals surface area contributed by atoms with E-state index < -0.39 is 4.92 Å². The van der Waals surface area contributed by atoms with Crippen molar-refractivity contribution < 1.29 is 19.2 Å². The summed E-state index contributed by atoms with van der Waals surface area (Å²) in [6.07, 6.45) is 1.29. The van der Waals surface area contributed by atoms with Crippen molar-refractivity contribution >= 4 is 23.1 Å². The second kappa shape index (κ2) is 5.91. The minimum atomic E-state index is -0.534. The quantitative estimate of drug-likeness (QED) is 0.638. The molecule has 1 aliphatic rings. The number of benzene rings is 1. The molecule has 0 bridgehead atoms. The molecule has 3 rings (SSSR count). The first-order chi connectivity index (χ1) is 11.1. The maximum absolute atomic E-state index is 12.0. The fourth-order valence-electron chi connectivity index (χ4n) is 2.29. The molecule has 1 aromatic heterocycles. The van der Waals surface area contributed by atoms with E-state index in [0.29, 0.717) is 30.4 Å². The second-order valence-electron chi connectivity index (χ2n) is 4.81. The van der Waals surface area contributed by atoms with Crippen LogP contribution in [-0.2, 0) is 4.79 Å². The molecule has 1 aliphatic heterocycles. The van der Waals surface area contributed by atoms with Crippen LogP contribution in [0.1, 0.15) is 6.92 Å². The Morgan fingerprint density at radius 2 is 1.96 bits per heavy atom. The number of hydrogen-bond donors (Lipinski definition) is 0. The Morgan fingerprint density at radius 3 is 2.65 bits per heavy atom. The van der Waals surface area contributed by atoms with E-state index in [0.717, 1.165) is 0 Å². The minimum Gasteiger partial charge on any atom is -0.486 e. The number of anilines is 2. The van der Waals surface area contributed by atoms with Crippen molar-refractivity contribution in [3.63, 3.8) is 0 Å². The highest BCUT2D eigenvalue weighted by molar-refractivity contribution is 5.98. The van der Waals surface area contributed by atoms with Crippen LogP contribution >= 0.6 is 0 Å². The molecule has 0 unspecified atom stereocenters. The van der Waals surface area contributed by atoms with Crippen LogP contribution < -0.4 is 14.4 Å². The number of amides is 1. The van der Waals surface area contributed by atoms with E-state index in [2.05, 4.69) is 4.98 Å². The number of carbonyl (C=O) groups excluding carboxylic acids is 1. The SMILES string of the molecule is CC(=O)N(c1ccc2c(c1)OCCO2)c1cc([N+](=O)[O-])ccn1. The van der Waals surface area contributed by atoms with Crippen molar-refractivity contribution in [3.05, 3.63) is 46.6 Å². The molecule has 23 heavy (non-hydrogen) atoms. The molecular weight excluding hydrogens is 302 g/mol. The lowest BCUT2D eigenvalue weighted by Gasteiger charge is -2.23. The van der Waals surface area contributed by atoms with Crippen molar-refractivity contribution in [2.75, 3.05) is 18.1 Å². The van der Waals surface area contributed by atoms with Gasteiger partial charge in [-0.2, -0.15) is 0 Å². The van der Waals surface area contributed by atoms with Crippen LogP contribution in [0.15, 0.2) is 36.5 Å². The number of pyridine rings is 1. The lowest BCUT2D eigenvalue weighted by Crippen LogP contribution is -2.24. The number of ether oxygens (including phenoxy) is 2. The van der Waals surface area contributed by atoms with Crippen molar-refractivity contribution in [2.24, 2.45) is 0 Å². The highest BCUT2D eigenvalue weighted by Gasteiger charge is 2.21. The molecule has 0 spiro atoms. The third-order valence-electron chi connectivity index (χ3n) is 3.27. The molecule has 0 aliphatic carbocycles. The molecule has 1 amide bonds. The van der Waals surface area contributed by atoms with E-state index in [4.69, 9.17) is 9.47 Å².